The zero-order chi connectivity index (χ0) is 23.9. The Labute approximate surface area is 195 Å². The maximum absolute atomic E-state index is 13.5. The molecule has 0 aliphatic carbocycles. The summed E-state index contributed by atoms with van der Waals surface area (Å²) in [5, 5.41) is 3.40. The molecule has 1 aromatic carbocycles. The number of piperidine rings is 1. The van der Waals surface area contributed by atoms with Gasteiger partial charge in [-0.2, -0.15) is 4.98 Å². The molecule has 3 aromatic heterocycles. The Hall–Kier alpha value is -3.79. The highest BCUT2D eigenvalue weighted by atomic mass is 19.1. The summed E-state index contributed by atoms with van der Waals surface area (Å²) in [6.07, 6.45) is 6.56. The van der Waals surface area contributed by atoms with Gasteiger partial charge in [-0.1, -0.05) is 0 Å². The molecule has 176 valence electrons. The molecule has 0 atom stereocenters. The molecule has 0 spiro atoms. The van der Waals surface area contributed by atoms with Crippen molar-refractivity contribution in [2.75, 3.05) is 18.4 Å². The highest BCUT2D eigenvalue weighted by Crippen LogP contribution is 2.32. The number of likely N-dealkylation sites (tertiary alicyclic amines) is 1. The molecule has 9 nitrogen and oxygen atoms in total. The predicted molar refractivity (Wildman–Crippen MR) is 125 cm³/mol. The number of nitrogens with one attached hydrogen (secondary N) is 1. The van der Waals surface area contributed by atoms with E-state index >= 15 is 0 Å². The smallest absolute Gasteiger partial charge is 0.306 e. The lowest BCUT2D eigenvalue weighted by molar-refractivity contribution is -0.136. The van der Waals surface area contributed by atoms with Crippen LogP contribution in [0.4, 0.5) is 10.3 Å². The molecule has 0 saturated carbocycles. The summed E-state index contributed by atoms with van der Waals surface area (Å²) in [6, 6.07) is 8.10. The van der Waals surface area contributed by atoms with Gasteiger partial charge in [-0.3, -0.25) is 9.20 Å². The standard InChI is InChI=1S/C24H26FN7O2/c1-24(2,26)21(33)31-11-8-17(9-12-31)28-22-27-10-7-18(29-22)20-19(15-3-5-16(25)6-4-15)30-23-32(20)13-14-34-23/h3-7,10,13-14,17H,8-9,11-12,26H2,1-2H3,(H,27,28,29). The van der Waals surface area contributed by atoms with E-state index in [-0.39, 0.29) is 17.8 Å². The van der Waals surface area contributed by atoms with Crippen molar-refractivity contribution in [3.63, 3.8) is 0 Å². The van der Waals surface area contributed by atoms with Gasteiger partial charge >= 0.3 is 5.84 Å². The van der Waals surface area contributed by atoms with Crippen LogP contribution in [-0.4, -0.2) is 54.8 Å². The van der Waals surface area contributed by atoms with E-state index in [1.54, 1.807) is 50.7 Å². The number of oxazole rings is 1. The van der Waals surface area contributed by atoms with Crippen LogP contribution in [-0.2, 0) is 4.79 Å². The Morgan fingerprint density at radius 1 is 1.18 bits per heavy atom. The molecule has 4 heterocycles. The van der Waals surface area contributed by atoms with E-state index < -0.39 is 5.54 Å². The van der Waals surface area contributed by atoms with Crippen LogP contribution in [0.5, 0.6) is 0 Å². The van der Waals surface area contributed by atoms with Crippen LogP contribution in [0, 0.1) is 5.82 Å². The van der Waals surface area contributed by atoms with E-state index in [1.807, 2.05) is 9.30 Å². The van der Waals surface area contributed by atoms with Crippen LogP contribution in [0.3, 0.4) is 0 Å². The second-order valence-corrected chi connectivity index (χ2v) is 9.07. The SMILES string of the molecule is CC(C)(N)C(=O)N1CCC(Nc2nccc(-c3c(-c4ccc(F)cc4)nc4occn34)n2)CC1. The van der Waals surface area contributed by atoms with Gasteiger partial charge < -0.3 is 20.4 Å². The van der Waals surface area contributed by atoms with E-state index in [2.05, 4.69) is 15.3 Å². The van der Waals surface area contributed by atoms with E-state index in [0.717, 1.165) is 24.1 Å². The van der Waals surface area contributed by atoms with E-state index in [4.69, 9.17) is 15.1 Å². The summed E-state index contributed by atoms with van der Waals surface area (Å²) in [5.41, 5.74) is 7.87. The summed E-state index contributed by atoms with van der Waals surface area (Å²) in [5.74, 6) is 0.555. The average molecular weight is 464 g/mol. The Morgan fingerprint density at radius 2 is 1.91 bits per heavy atom. The van der Waals surface area contributed by atoms with Crippen molar-refractivity contribution < 1.29 is 13.6 Å². The molecule has 10 heteroatoms. The lowest BCUT2D eigenvalue weighted by Crippen LogP contribution is -2.54. The first-order valence-electron chi connectivity index (χ1n) is 11.2. The van der Waals surface area contributed by atoms with E-state index in [1.165, 1.54) is 12.1 Å². The first-order valence-corrected chi connectivity index (χ1v) is 11.2. The fourth-order valence-corrected chi connectivity index (χ4v) is 4.22. The number of nitrogens with zero attached hydrogens (tertiary/aromatic N) is 5. The van der Waals surface area contributed by atoms with Gasteiger partial charge in [-0.05, 0) is 57.0 Å². The van der Waals surface area contributed by atoms with Gasteiger partial charge in [0.1, 0.15) is 23.5 Å². The number of hydrogen-bond donors (Lipinski definition) is 2. The highest BCUT2D eigenvalue weighted by Gasteiger charge is 2.31. The Morgan fingerprint density at radius 3 is 2.62 bits per heavy atom. The molecule has 1 amide bonds. The van der Waals surface area contributed by atoms with Gasteiger partial charge in [0.2, 0.25) is 11.9 Å². The Kier molecular flexibility index (Phi) is 5.52. The second-order valence-electron chi connectivity index (χ2n) is 9.07. The fourth-order valence-electron chi connectivity index (χ4n) is 4.22. The van der Waals surface area contributed by atoms with Crippen molar-refractivity contribution in [3.8, 4) is 22.6 Å². The topological polar surface area (TPSA) is 115 Å². The monoisotopic (exact) mass is 463 g/mol. The third-order valence-corrected chi connectivity index (χ3v) is 5.94. The van der Waals surface area contributed by atoms with Crippen molar-refractivity contribution in [2.45, 2.75) is 38.3 Å². The lowest BCUT2D eigenvalue weighted by atomic mass is 10.0. The molecule has 1 fully saturated rings. The molecule has 1 aliphatic heterocycles. The van der Waals surface area contributed by atoms with Gasteiger partial charge in [-0.15, -0.1) is 0 Å². The van der Waals surface area contributed by atoms with Crippen molar-refractivity contribution in [1.82, 2.24) is 24.3 Å². The largest absolute Gasteiger partial charge is 0.432 e. The van der Waals surface area contributed by atoms with Crippen LogP contribution in [0.25, 0.3) is 28.5 Å². The number of amides is 1. The van der Waals surface area contributed by atoms with Crippen molar-refractivity contribution in [2.24, 2.45) is 5.73 Å². The Balaban J connectivity index is 1.38. The van der Waals surface area contributed by atoms with E-state index in [9.17, 15) is 9.18 Å². The molecule has 34 heavy (non-hydrogen) atoms. The zero-order valence-corrected chi connectivity index (χ0v) is 19.0. The van der Waals surface area contributed by atoms with Crippen molar-refractivity contribution in [3.05, 3.63) is 54.8 Å². The molecule has 5 rings (SSSR count). The summed E-state index contributed by atoms with van der Waals surface area (Å²) >= 11 is 0. The molecule has 4 aromatic rings. The number of imidazole rings is 1. The van der Waals surface area contributed by atoms with E-state index in [0.29, 0.717) is 36.3 Å². The van der Waals surface area contributed by atoms with Gasteiger partial charge in [0, 0.05) is 37.1 Å². The summed E-state index contributed by atoms with van der Waals surface area (Å²) in [4.78, 5) is 28.0. The molecule has 0 bridgehead atoms. The summed E-state index contributed by atoms with van der Waals surface area (Å²) in [6.45, 7) is 4.72. The third-order valence-electron chi connectivity index (χ3n) is 5.94. The number of carbonyl (C=O) groups is 1. The minimum atomic E-state index is -0.871. The van der Waals surface area contributed by atoms with Crippen LogP contribution in [0.2, 0.25) is 0 Å². The molecule has 0 unspecified atom stereocenters. The van der Waals surface area contributed by atoms with Crippen molar-refractivity contribution >= 4 is 17.7 Å². The van der Waals surface area contributed by atoms with Crippen LogP contribution < -0.4 is 11.1 Å². The number of fused-ring (bicyclic) bond motifs is 1. The van der Waals surface area contributed by atoms with Gasteiger partial charge in [0.15, 0.2) is 0 Å². The summed E-state index contributed by atoms with van der Waals surface area (Å²) < 4.78 is 20.8. The molecule has 1 aliphatic rings. The first kappa shape index (κ1) is 22.0. The van der Waals surface area contributed by atoms with Crippen LogP contribution in [0.15, 0.2) is 53.4 Å². The molecular formula is C24H26FN7O2. The number of halogens is 1. The maximum atomic E-state index is 13.5. The van der Waals surface area contributed by atoms with Gasteiger partial charge in [0.05, 0.1) is 11.2 Å². The quantitative estimate of drug-likeness (QED) is 0.467. The number of carbonyl (C=O) groups excluding carboxylic acids is 1. The number of hydrogen-bond acceptors (Lipinski definition) is 7. The van der Waals surface area contributed by atoms with Crippen molar-refractivity contribution in [1.29, 1.82) is 0 Å². The summed E-state index contributed by atoms with van der Waals surface area (Å²) in [7, 11) is 0. The normalized spacial score (nSPS) is 15.1. The molecule has 1 saturated heterocycles. The lowest BCUT2D eigenvalue weighted by Gasteiger charge is -2.35. The zero-order valence-electron chi connectivity index (χ0n) is 19.0. The second kappa shape index (κ2) is 8.53. The number of nitrogens with two attached hydrogens (primary N) is 1. The maximum Gasteiger partial charge on any atom is 0.306 e. The first-order chi connectivity index (χ1) is 16.3. The molecule has 3 N–H and O–H groups in total. The minimum absolute atomic E-state index is 0.0395. The third kappa shape index (κ3) is 4.24. The number of anilines is 1. The average Bonchev–Trinajstić information content (AvgIpc) is 3.41. The number of aromatic nitrogens is 4. The minimum Gasteiger partial charge on any atom is -0.432 e. The van der Waals surface area contributed by atoms with Crippen LogP contribution in [0.1, 0.15) is 26.7 Å². The number of rotatable bonds is 5. The fraction of sp³-hybridized carbons (Fsp3) is 0.333. The molecular weight excluding hydrogens is 437 g/mol. The van der Waals surface area contributed by atoms with Crippen LogP contribution >= 0.6 is 0 Å². The predicted octanol–water partition coefficient (Wildman–Crippen LogP) is 3.33. The van der Waals surface area contributed by atoms with Gasteiger partial charge in [0.25, 0.3) is 0 Å². The number of benzene rings is 1. The highest BCUT2D eigenvalue weighted by molar-refractivity contribution is 5.85. The molecule has 0 radical (unpaired) electrons. The Bertz CT molecular complexity index is 1320. The van der Waals surface area contributed by atoms with Gasteiger partial charge in [-0.25, -0.2) is 14.4 Å².